The van der Waals surface area contributed by atoms with Crippen LogP contribution < -0.4 is 5.32 Å². The van der Waals surface area contributed by atoms with Gasteiger partial charge in [0.2, 0.25) is 0 Å². The largest absolute Gasteiger partial charge is 0.466 e. The van der Waals surface area contributed by atoms with E-state index in [0.29, 0.717) is 37.1 Å². The van der Waals surface area contributed by atoms with Crippen molar-refractivity contribution >= 4 is 23.4 Å². The maximum Gasteiger partial charge on any atom is 0.305 e. The molecule has 0 unspecified atom stereocenters. The van der Waals surface area contributed by atoms with Crippen molar-refractivity contribution in [1.29, 1.82) is 0 Å². The van der Waals surface area contributed by atoms with E-state index in [2.05, 4.69) is 15.3 Å². The lowest BCUT2D eigenvalue weighted by atomic mass is 10.3. The summed E-state index contributed by atoms with van der Waals surface area (Å²) in [7, 11) is 0. The van der Waals surface area contributed by atoms with Gasteiger partial charge in [-0.05, 0) is 33.1 Å². The van der Waals surface area contributed by atoms with Crippen molar-refractivity contribution < 1.29 is 9.53 Å². The Morgan fingerprint density at radius 1 is 1.45 bits per heavy atom. The molecule has 0 saturated heterocycles. The molecule has 1 N–H and O–H groups in total. The second-order valence-corrected chi connectivity index (χ2v) is 5.31. The number of hydrogen-bond acceptors (Lipinski definition) is 5. The molecule has 110 valence electrons. The summed E-state index contributed by atoms with van der Waals surface area (Å²) in [6.07, 6.45) is 3.40. The van der Waals surface area contributed by atoms with E-state index in [1.54, 1.807) is 0 Å². The number of hydrogen-bond donors (Lipinski definition) is 1. The highest BCUT2D eigenvalue weighted by Crippen LogP contribution is 2.39. The van der Waals surface area contributed by atoms with Crippen LogP contribution in [0.4, 0.5) is 5.82 Å². The maximum absolute atomic E-state index is 11.2. The Morgan fingerprint density at radius 2 is 2.20 bits per heavy atom. The lowest BCUT2D eigenvalue weighted by Gasteiger charge is -2.11. The molecule has 0 amide bonds. The molecule has 1 aliphatic carbocycles. The second kappa shape index (κ2) is 6.88. The van der Waals surface area contributed by atoms with E-state index in [1.807, 2.05) is 13.8 Å². The Hall–Kier alpha value is -1.36. The third kappa shape index (κ3) is 4.07. The van der Waals surface area contributed by atoms with E-state index in [4.69, 9.17) is 16.3 Å². The lowest BCUT2D eigenvalue weighted by Crippen LogP contribution is -2.11. The monoisotopic (exact) mass is 297 g/mol. The molecule has 1 aromatic rings. The van der Waals surface area contributed by atoms with Crippen molar-refractivity contribution in [1.82, 2.24) is 9.97 Å². The van der Waals surface area contributed by atoms with Crippen LogP contribution in [0.1, 0.15) is 49.9 Å². The smallest absolute Gasteiger partial charge is 0.305 e. The average molecular weight is 298 g/mol. The Morgan fingerprint density at radius 3 is 2.85 bits per heavy atom. The summed E-state index contributed by atoms with van der Waals surface area (Å²) in [5, 5.41) is 3.74. The number of esters is 1. The molecular formula is C14H20ClN3O2. The molecule has 1 aromatic heterocycles. The minimum atomic E-state index is -0.162. The summed E-state index contributed by atoms with van der Waals surface area (Å²) < 4.78 is 4.88. The normalized spacial score (nSPS) is 14.2. The number of rotatable bonds is 7. The van der Waals surface area contributed by atoms with Crippen LogP contribution in [0.2, 0.25) is 5.15 Å². The van der Waals surface area contributed by atoms with Crippen LogP contribution in [-0.4, -0.2) is 29.1 Å². The molecule has 0 aliphatic heterocycles. The third-order valence-electron chi connectivity index (χ3n) is 3.20. The van der Waals surface area contributed by atoms with E-state index >= 15 is 0 Å². The number of nitrogens with zero attached hydrogens (tertiary/aromatic N) is 2. The van der Waals surface area contributed by atoms with Gasteiger partial charge in [0.1, 0.15) is 16.8 Å². The molecule has 1 fully saturated rings. The van der Waals surface area contributed by atoms with Gasteiger partial charge in [0.15, 0.2) is 0 Å². The summed E-state index contributed by atoms with van der Waals surface area (Å²) in [6.45, 7) is 4.79. The van der Waals surface area contributed by atoms with Crippen LogP contribution in [-0.2, 0) is 9.53 Å². The lowest BCUT2D eigenvalue weighted by molar-refractivity contribution is -0.143. The second-order valence-electron chi connectivity index (χ2n) is 4.96. The van der Waals surface area contributed by atoms with Gasteiger partial charge in [0, 0.05) is 24.4 Å². The molecule has 1 heterocycles. The van der Waals surface area contributed by atoms with Gasteiger partial charge in [-0.15, -0.1) is 0 Å². The summed E-state index contributed by atoms with van der Waals surface area (Å²) in [4.78, 5) is 20.1. The van der Waals surface area contributed by atoms with E-state index in [1.165, 1.54) is 0 Å². The van der Waals surface area contributed by atoms with Gasteiger partial charge in [0.05, 0.1) is 6.61 Å². The molecule has 5 nitrogen and oxygen atoms in total. The first-order chi connectivity index (χ1) is 9.61. The molecule has 20 heavy (non-hydrogen) atoms. The van der Waals surface area contributed by atoms with E-state index in [9.17, 15) is 4.79 Å². The van der Waals surface area contributed by atoms with Gasteiger partial charge in [-0.1, -0.05) is 11.6 Å². The molecule has 0 atom stereocenters. The summed E-state index contributed by atoms with van der Waals surface area (Å²) in [6, 6.07) is 0. The first-order valence-corrected chi connectivity index (χ1v) is 7.43. The number of carbonyl (C=O) groups excluding carboxylic acids is 1. The number of nitrogens with one attached hydrogen (secondary N) is 1. The Kier molecular flexibility index (Phi) is 5.17. The van der Waals surface area contributed by atoms with Crippen LogP contribution >= 0.6 is 11.6 Å². The number of aromatic nitrogens is 2. The van der Waals surface area contributed by atoms with Crippen LogP contribution in [0.3, 0.4) is 0 Å². The molecule has 0 spiro atoms. The van der Waals surface area contributed by atoms with Crippen molar-refractivity contribution in [2.45, 2.75) is 45.4 Å². The van der Waals surface area contributed by atoms with Crippen LogP contribution in [0, 0.1) is 6.92 Å². The molecule has 6 heteroatoms. The van der Waals surface area contributed by atoms with Gasteiger partial charge in [-0.3, -0.25) is 4.79 Å². The minimum Gasteiger partial charge on any atom is -0.466 e. The SMILES string of the molecule is CCOC(=O)CCCNc1nc(C2CC2)nc(Cl)c1C. The molecule has 1 aliphatic rings. The molecular weight excluding hydrogens is 278 g/mol. The average Bonchev–Trinajstić information content (AvgIpc) is 3.23. The molecule has 0 bridgehead atoms. The zero-order valence-electron chi connectivity index (χ0n) is 11.9. The van der Waals surface area contributed by atoms with Gasteiger partial charge in [0.25, 0.3) is 0 Å². The van der Waals surface area contributed by atoms with Gasteiger partial charge < -0.3 is 10.1 Å². The van der Waals surface area contributed by atoms with Crippen molar-refractivity contribution in [3.63, 3.8) is 0 Å². The van der Waals surface area contributed by atoms with Crippen molar-refractivity contribution in [2.75, 3.05) is 18.5 Å². The predicted molar refractivity (Wildman–Crippen MR) is 78.1 cm³/mol. The summed E-state index contributed by atoms with van der Waals surface area (Å²) in [5.41, 5.74) is 0.854. The zero-order chi connectivity index (χ0) is 14.5. The number of ether oxygens (including phenoxy) is 1. The Balaban J connectivity index is 1.87. The fourth-order valence-electron chi connectivity index (χ4n) is 1.87. The molecule has 0 radical (unpaired) electrons. The third-order valence-corrected chi connectivity index (χ3v) is 3.57. The Bertz CT molecular complexity index is 490. The number of carbonyl (C=O) groups is 1. The first kappa shape index (κ1) is 15.0. The predicted octanol–water partition coefficient (Wildman–Crippen LogP) is 3.07. The number of halogens is 1. The van der Waals surface area contributed by atoms with E-state index < -0.39 is 0 Å². The Labute approximate surface area is 124 Å². The summed E-state index contributed by atoms with van der Waals surface area (Å²) >= 11 is 6.13. The topological polar surface area (TPSA) is 64.1 Å². The van der Waals surface area contributed by atoms with Crippen molar-refractivity contribution in [3.05, 3.63) is 16.5 Å². The fourth-order valence-corrected chi connectivity index (χ4v) is 2.05. The quantitative estimate of drug-likeness (QED) is 0.476. The van der Waals surface area contributed by atoms with E-state index in [0.717, 1.165) is 30.0 Å². The van der Waals surface area contributed by atoms with Crippen LogP contribution in [0.15, 0.2) is 0 Å². The van der Waals surface area contributed by atoms with Crippen LogP contribution in [0.25, 0.3) is 0 Å². The van der Waals surface area contributed by atoms with Gasteiger partial charge in [-0.2, -0.15) is 0 Å². The zero-order valence-corrected chi connectivity index (χ0v) is 12.7. The minimum absolute atomic E-state index is 0.162. The highest BCUT2D eigenvalue weighted by Gasteiger charge is 2.27. The molecule has 2 rings (SSSR count). The van der Waals surface area contributed by atoms with Gasteiger partial charge >= 0.3 is 5.97 Å². The maximum atomic E-state index is 11.2. The number of anilines is 1. The summed E-state index contributed by atoms with van der Waals surface area (Å²) in [5.74, 6) is 1.91. The molecule has 0 aromatic carbocycles. The highest BCUT2D eigenvalue weighted by atomic mass is 35.5. The van der Waals surface area contributed by atoms with E-state index in [-0.39, 0.29) is 5.97 Å². The highest BCUT2D eigenvalue weighted by molar-refractivity contribution is 6.30. The first-order valence-electron chi connectivity index (χ1n) is 7.05. The molecule has 1 saturated carbocycles. The standard InChI is InChI=1S/C14H20ClN3O2/c1-3-20-11(19)5-4-8-16-13-9(2)12(15)17-14(18-13)10-6-7-10/h10H,3-8H2,1-2H3,(H,16,17,18). The fraction of sp³-hybridized carbons (Fsp3) is 0.643. The van der Waals surface area contributed by atoms with Crippen molar-refractivity contribution in [2.24, 2.45) is 0 Å². The van der Waals surface area contributed by atoms with Crippen molar-refractivity contribution in [3.8, 4) is 0 Å². The van der Waals surface area contributed by atoms with Crippen LogP contribution in [0.5, 0.6) is 0 Å². The van der Waals surface area contributed by atoms with Gasteiger partial charge in [-0.25, -0.2) is 9.97 Å².